The van der Waals surface area contributed by atoms with Crippen molar-refractivity contribution in [3.63, 3.8) is 0 Å². The molecule has 0 spiro atoms. The lowest BCUT2D eigenvalue weighted by Gasteiger charge is -2.08. The third-order valence-electron chi connectivity index (χ3n) is 3.69. The first kappa shape index (κ1) is 11.9. The molecule has 0 atom stereocenters. The van der Waals surface area contributed by atoms with Crippen LogP contribution in [0.15, 0.2) is 54.7 Å². The molecule has 0 amide bonds. The van der Waals surface area contributed by atoms with Crippen LogP contribution in [0.3, 0.4) is 0 Å². The van der Waals surface area contributed by atoms with Crippen molar-refractivity contribution in [3.05, 3.63) is 60.6 Å². The van der Waals surface area contributed by atoms with Crippen LogP contribution in [0.25, 0.3) is 27.6 Å². The average Bonchev–Trinajstić information content (AvgIpc) is 2.81. The summed E-state index contributed by atoms with van der Waals surface area (Å²) in [5.74, 6) is 0.943. The van der Waals surface area contributed by atoms with Crippen molar-refractivity contribution in [1.82, 2.24) is 14.5 Å². The molecule has 0 aliphatic rings. The molecule has 21 heavy (non-hydrogen) atoms. The fraction of sp³-hybridized carbons (Fsp3) is 0.0588. The average molecular weight is 274 g/mol. The van der Waals surface area contributed by atoms with Crippen LogP contribution in [-0.4, -0.2) is 14.5 Å². The third kappa shape index (κ3) is 1.84. The molecule has 0 fully saturated rings. The first-order valence-corrected chi connectivity index (χ1v) is 6.82. The number of nitrogens with zero attached hydrogens (tertiary/aromatic N) is 3. The van der Waals surface area contributed by atoms with E-state index >= 15 is 0 Å². The number of nitrogens with two attached hydrogens (primary N) is 1. The minimum absolute atomic E-state index is 0.731. The van der Waals surface area contributed by atoms with E-state index in [1.165, 1.54) is 0 Å². The van der Waals surface area contributed by atoms with Gasteiger partial charge in [-0.15, -0.1) is 0 Å². The minimum Gasteiger partial charge on any atom is -0.399 e. The van der Waals surface area contributed by atoms with Crippen LogP contribution < -0.4 is 5.73 Å². The number of aryl methyl sites for hydroxylation is 1. The van der Waals surface area contributed by atoms with Gasteiger partial charge in [-0.3, -0.25) is 9.55 Å². The van der Waals surface area contributed by atoms with Gasteiger partial charge in [-0.05, 0) is 49.4 Å². The minimum atomic E-state index is 0.731. The second kappa shape index (κ2) is 4.31. The lowest BCUT2D eigenvalue weighted by atomic mass is 10.2. The van der Waals surface area contributed by atoms with Crippen LogP contribution in [0.1, 0.15) is 5.82 Å². The van der Waals surface area contributed by atoms with Gasteiger partial charge in [0.1, 0.15) is 5.82 Å². The van der Waals surface area contributed by atoms with E-state index in [0.29, 0.717) is 0 Å². The van der Waals surface area contributed by atoms with E-state index in [0.717, 1.165) is 39.1 Å². The van der Waals surface area contributed by atoms with Crippen LogP contribution >= 0.6 is 0 Å². The van der Waals surface area contributed by atoms with Crippen LogP contribution in [0.4, 0.5) is 5.69 Å². The van der Waals surface area contributed by atoms with Gasteiger partial charge in [0, 0.05) is 23.0 Å². The fourth-order valence-electron chi connectivity index (χ4n) is 2.75. The molecule has 4 nitrogen and oxygen atoms in total. The van der Waals surface area contributed by atoms with Crippen molar-refractivity contribution in [2.24, 2.45) is 0 Å². The number of benzene rings is 2. The molecular formula is C17H14N4. The summed E-state index contributed by atoms with van der Waals surface area (Å²) in [6.45, 7) is 2.00. The zero-order chi connectivity index (χ0) is 14.4. The van der Waals surface area contributed by atoms with Crippen LogP contribution in [0.2, 0.25) is 0 Å². The zero-order valence-electron chi connectivity index (χ0n) is 11.6. The normalized spacial score (nSPS) is 11.3. The molecule has 4 rings (SSSR count). The molecule has 0 saturated heterocycles. The van der Waals surface area contributed by atoms with Gasteiger partial charge in [-0.1, -0.05) is 6.07 Å². The molecule has 0 saturated carbocycles. The largest absolute Gasteiger partial charge is 0.399 e. The summed E-state index contributed by atoms with van der Waals surface area (Å²) in [4.78, 5) is 8.96. The maximum atomic E-state index is 5.84. The van der Waals surface area contributed by atoms with E-state index in [2.05, 4.69) is 32.7 Å². The molecule has 0 aliphatic carbocycles. The first-order valence-electron chi connectivity index (χ1n) is 6.82. The Balaban J connectivity index is 2.01. The molecule has 2 aromatic heterocycles. The van der Waals surface area contributed by atoms with E-state index < -0.39 is 0 Å². The smallest absolute Gasteiger partial charge is 0.111 e. The standard InChI is InChI=1S/C17H14N4/c1-11-20-16-10-13(18)4-7-17(16)21(11)14-5-6-15-12(9-14)3-2-8-19-15/h2-10H,18H2,1H3. The Labute approximate surface area is 121 Å². The summed E-state index contributed by atoms with van der Waals surface area (Å²) in [7, 11) is 0. The number of aromatic nitrogens is 3. The summed E-state index contributed by atoms with van der Waals surface area (Å²) in [5.41, 5.74) is 10.6. The Morgan fingerprint density at radius 1 is 1.00 bits per heavy atom. The van der Waals surface area contributed by atoms with Crippen LogP contribution in [-0.2, 0) is 0 Å². The van der Waals surface area contributed by atoms with Crippen molar-refractivity contribution < 1.29 is 0 Å². The van der Waals surface area contributed by atoms with Gasteiger partial charge in [0.25, 0.3) is 0 Å². The highest BCUT2D eigenvalue weighted by atomic mass is 15.1. The van der Waals surface area contributed by atoms with E-state index in [-0.39, 0.29) is 0 Å². The maximum absolute atomic E-state index is 5.84. The Bertz CT molecular complexity index is 969. The highest BCUT2D eigenvalue weighted by Gasteiger charge is 2.10. The van der Waals surface area contributed by atoms with E-state index in [1.54, 1.807) is 0 Å². The van der Waals surface area contributed by atoms with Crippen molar-refractivity contribution in [2.75, 3.05) is 5.73 Å². The summed E-state index contributed by atoms with van der Waals surface area (Å²) < 4.78 is 2.14. The Kier molecular flexibility index (Phi) is 2.44. The number of pyridine rings is 1. The number of hydrogen-bond donors (Lipinski definition) is 1. The topological polar surface area (TPSA) is 56.7 Å². The highest BCUT2D eigenvalue weighted by Crippen LogP contribution is 2.25. The molecule has 0 radical (unpaired) electrons. The summed E-state index contributed by atoms with van der Waals surface area (Å²) in [6, 6.07) is 16.1. The molecule has 4 heteroatoms. The van der Waals surface area contributed by atoms with Gasteiger partial charge in [0.05, 0.1) is 16.6 Å². The molecular weight excluding hydrogens is 260 g/mol. The van der Waals surface area contributed by atoms with Gasteiger partial charge < -0.3 is 5.73 Å². The Hall–Kier alpha value is -2.88. The second-order valence-electron chi connectivity index (χ2n) is 5.12. The molecule has 0 bridgehead atoms. The monoisotopic (exact) mass is 274 g/mol. The van der Waals surface area contributed by atoms with Crippen LogP contribution in [0.5, 0.6) is 0 Å². The highest BCUT2D eigenvalue weighted by molar-refractivity contribution is 5.84. The SMILES string of the molecule is Cc1nc2cc(N)ccc2n1-c1ccc2ncccc2c1. The number of fused-ring (bicyclic) bond motifs is 2. The van der Waals surface area contributed by atoms with Gasteiger partial charge in [-0.25, -0.2) is 4.98 Å². The van der Waals surface area contributed by atoms with E-state index in [9.17, 15) is 0 Å². The quantitative estimate of drug-likeness (QED) is 0.541. The third-order valence-corrected chi connectivity index (χ3v) is 3.69. The maximum Gasteiger partial charge on any atom is 0.111 e. The molecule has 2 heterocycles. The van der Waals surface area contributed by atoms with Crippen molar-refractivity contribution in [1.29, 1.82) is 0 Å². The molecule has 2 N–H and O–H groups in total. The zero-order valence-corrected chi connectivity index (χ0v) is 11.6. The van der Waals surface area contributed by atoms with Gasteiger partial charge in [-0.2, -0.15) is 0 Å². The van der Waals surface area contributed by atoms with Crippen molar-refractivity contribution in [3.8, 4) is 5.69 Å². The predicted octanol–water partition coefficient (Wildman–Crippen LogP) is 3.46. The Morgan fingerprint density at radius 2 is 1.90 bits per heavy atom. The summed E-state index contributed by atoms with van der Waals surface area (Å²) >= 11 is 0. The predicted molar refractivity (Wildman–Crippen MR) is 85.5 cm³/mol. The molecule has 0 unspecified atom stereocenters. The fourth-order valence-corrected chi connectivity index (χ4v) is 2.75. The summed E-state index contributed by atoms with van der Waals surface area (Å²) in [6.07, 6.45) is 1.81. The number of imidazole rings is 1. The number of hydrogen-bond acceptors (Lipinski definition) is 3. The van der Waals surface area contributed by atoms with Gasteiger partial charge in [0.2, 0.25) is 0 Å². The van der Waals surface area contributed by atoms with E-state index in [1.807, 2.05) is 43.5 Å². The number of anilines is 1. The lowest BCUT2D eigenvalue weighted by molar-refractivity contribution is 1.00. The first-order chi connectivity index (χ1) is 10.2. The van der Waals surface area contributed by atoms with Gasteiger partial charge in [0.15, 0.2) is 0 Å². The van der Waals surface area contributed by atoms with E-state index in [4.69, 9.17) is 5.73 Å². The molecule has 4 aromatic rings. The second-order valence-corrected chi connectivity index (χ2v) is 5.12. The van der Waals surface area contributed by atoms with Gasteiger partial charge >= 0.3 is 0 Å². The molecule has 2 aromatic carbocycles. The number of rotatable bonds is 1. The summed E-state index contributed by atoms with van der Waals surface area (Å²) in [5, 5.41) is 1.12. The number of nitrogen functional groups attached to an aromatic ring is 1. The molecule has 0 aliphatic heterocycles. The van der Waals surface area contributed by atoms with Crippen molar-refractivity contribution >= 4 is 27.6 Å². The molecule has 102 valence electrons. The Morgan fingerprint density at radius 3 is 2.81 bits per heavy atom. The van der Waals surface area contributed by atoms with Crippen LogP contribution in [0, 0.1) is 6.92 Å². The lowest BCUT2D eigenvalue weighted by Crippen LogP contribution is -1.97. The van der Waals surface area contributed by atoms with Crippen molar-refractivity contribution in [2.45, 2.75) is 6.92 Å².